The third-order valence-electron chi connectivity index (χ3n) is 4.90. The average molecular weight is 338 g/mol. The maximum absolute atomic E-state index is 12.2. The standard InChI is InChI=1S/C20H22N2O3/c1-13-4-3-8-21-18(13)17-6-2-5-14-10-16(25-19(14)17)11-22-20(23)15-7-9-24-12-15/h2-6,8,15-16H,7,9-12H2,1H3,(H,22,23)/t15-,16+/m1/s1. The Morgan fingerprint density at radius 2 is 2.24 bits per heavy atom. The fraction of sp³-hybridized carbons (Fsp3) is 0.400. The van der Waals surface area contributed by atoms with Gasteiger partial charge in [0, 0.05) is 24.8 Å². The maximum Gasteiger partial charge on any atom is 0.225 e. The molecule has 1 saturated heterocycles. The molecule has 1 aromatic heterocycles. The van der Waals surface area contributed by atoms with E-state index in [2.05, 4.69) is 29.4 Å². The van der Waals surface area contributed by atoms with Gasteiger partial charge in [-0.1, -0.05) is 18.2 Å². The second-order valence-electron chi connectivity index (χ2n) is 6.71. The molecule has 1 fully saturated rings. The average Bonchev–Trinajstić information content (AvgIpc) is 3.29. The minimum Gasteiger partial charge on any atom is -0.487 e. The van der Waals surface area contributed by atoms with E-state index < -0.39 is 0 Å². The number of rotatable bonds is 4. The van der Waals surface area contributed by atoms with Crippen LogP contribution in [0.3, 0.4) is 0 Å². The highest BCUT2D eigenvalue weighted by Crippen LogP contribution is 2.38. The number of pyridine rings is 1. The molecule has 0 spiro atoms. The van der Waals surface area contributed by atoms with Gasteiger partial charge >= 0.3 is 0 Å². The molecule has 3 heterocycles. The number of nitrogens with zero attached hydrogens (tertiary/aromatic N) is 1. The Bertz CT molecular complexity index is 784. The van der Waals surface area contributed by atoms with E-state index >= 15 is 0 Å². The SMILES string of the molecule is Cc1cccnc1-c1cccc2c1O[C@H](CNC(=O)[C@@H]1CCOC1)C2. The van der Waals surface area contributed by atoms with Gasteiger partial charge in [-0.05, 0) is 36.6 Å². The van der Waals surface area contributed by atoms with Crippen molar-refractivity contribution in [1.29, 1.82) is 0 Å². The van der Waals surface area contributed by atoms with Gasteiger partial charge in [-0.15, -0.1) is 0 Å². The smallest absolute Gasteiger partial charge is 0.225 e. The van der Waals surface area contributed by atoms with E-state index in [9.17, 15) is 4.79 Å². The minimum absolute atomic E-state index is 0.0180. The van der Waals surface area contributed by atoms with Crippen molar-refractivity contribution in [3.63, 3.8) is 0 Å². The number of fused-ring (bicyclic) bond motifs is 1. The lowest BCUT2D eigenvalue weighted by atomic mass is 10.0. The number of benzene rings is 1. The molecule has 5 heteroatoms. The second-order valence-corrected chi connectivity index (χ2v) is 6.71. The van der Waals surface area contributed by atoms with Crippen LogP contribution >= 0.6 is 0 Å². The first-order valence-corrected chi connectivity index (χ1v) is 8.78. The number of ether oxygens (including phenoxy) is 2. The summed E-state index contributed by atoms with van der Waals surface area (Å²) >= 11 is 0. The molecule has 0 radical (unpaired) electrons. The molecule has 5 nitrogen and oxygen atoms in total. The molecule has 2 aliphatic heterocycles. The van der Waals surface area contributed by atoms with Gasteiger partial charge in [0.05, 0.1) is 24.8 Å². The van der Waals surface area contributed by atoms with E-state index in [0.717, 1.165) is 35.4 Å². The molecule has 2 atom stereocenters. The Labute approximate surface area is 147 Å². The van der Waals surface area contributed by atoms with E-state index in [1.165, 1.54) is 5.56 Å². The highest BCUT2D eigenvalue weighted by atomic mass is 16.5. The summed E-state index contributed by atoms with van der Waals surface area (Å²) in [5.41, 5.74) is 4.27. The first-order chi connectivity index (χ1) is 12.2. The number of aromatic nitrogens is 1. The van der Waals surface area contributed by atoms with Crippen LogP contribution in [0.15, 0.2) is 36.5 Å². The molecule has 130 valence electrons. The summed E-state index contributed by atoms with van der Waals surface area (Å²) in [5, 5.41) is 3.01. The number of hydrogen-bond acceptors (Lipinski definition) is 4. The largest absolute Gasteiger partial charge is 0.487 e. The Morgan fingerprint density at radius 1 is 1.32 bits per heavy atom. The van der Waals surface area contributed by atoms with Gasteiger partial charge in [-0.3, -0.25) is 9.78 Å². The minimum atomic E-state index is -0.0357. The number of carbonyl (C=O) groups is 1. The van der Waals surface area contributed by atoms with Crippen LogP contribution in [0.4, 0.5) is 0 Å². The van der Waals surface area contributed by atoms with Crippen molar-refractivity contribution < 1.29 is 14.3 Å². The molecule has 1 N–H and O–H groups in total. The fourth-order valence-electron chi connectivity index (χ4n) is 3.51. The lowest BCUT2D eigenvalue weighted by Gasteiger charge is -2.15. The zero-order valence-electron chi connectivity index (χ0n) is 14.3. The molecule has 0 bridgehead atoms. The van der Waals surface area contributed by atoms with Crippen LogP contribution in [-0.2, 0) is 16.0 Å². The van der Waals surface area contributed by atoms with Gasteiger partial charge in [-0.2, -0.15) is 0 Å². The van der Waals surface area contributed by atoms with Crippen LogP contribution in [0.5, 0.6) is 5.75 Å². The maximum atomic E-state index is 12.2. The molecule has 2 aliphatic rings. The number of hydrogen-bond donors (Lipinski definition) is 1. The van der Waals surface area contributed by atoms with Crippen LogP contribution in [0.1, 0.15) is 17.5 Å². The highest BCUT2D eigenvalue weighted by Gasteiger charge is 2.28. The lowest BCUT2D eigenvalue weighted by Crippen LogP contribution is -2.38. The van der Waals surface area contributed by atoms with Crippen molar-refractivity contribution in [2.45, 2.75) is 25.9 Å². The topological polar surface area (TPSA) is 60.5 Å². The molecule has 2 aromatic rings. The van der Waals surface area contributed by atoms with Gasteiger partial charge in [0.25, 0.3) is 0 Å². The van der Waals surface area contributed by atoms with Crippen LogP contribution in [-0.4, -0.2) is 36.8 Å². The zero-order chi connectivity index (χ0) is 17.2. The molecular formula is C20H22N2O3. The van der Waals surface area contributed by atoms with Crippen LogP contribution in [0.2, 0.25) is 0 Å². The number of amides is 1. The first-order valence-electron chi connectivity index (χ1n) is 8.78. The van der Waals surface area contributed by atoms with E-state index in [1.807, 2.05) is 18.2 Å². The molecule has 4 rings (SSSR count). The second kappa shape index (κ2) is 6.84. The van der Waals surface area contributed by atoms with Gasteiger partial charge in [0.2, 0.25) is 5.91 Å². The number of nitrogens with one attached hydrogen (secondary N) is 1. The van der Waals surface area contributed by atoms with Gasteiger partial charge in [0.1, 0.15) is 11.9 Å². The molecule has 1 amide bonds. The molecule has 0 aliphatic carbocycles. The highest BCUT2D eigenvalue weighted by molar-refractivity contribution is 5.79. The summed E-state index contributed by atoms with van der Waals surface area (Å²) in [7, 11) is 0. The van der Waals surface area contributed by atoms with Crippen molar-refractivity contribution in [3.8, 4) is 17.0 Å². The fourth-order valence-corrected chi connectivity index (χ4v) is 3.51. The summed E-state index contributed by atoms with van der Waals surface area (Å²) < 4.78 is 11.5. The number of para-hydroxylation sites is 1. The molecule has 0 saturated carbocycles. The lowest BCUT2D eigenvalue weighted by molar-refractivity contribution is -0.125. The quantitative estimate of drug-likeness (QED) is 0.930. The van der Waals surface area contributed by atoms with E-state index in [0.29, 0.717) is 19.8 Å². The Kier molecular flexibility index (Phi) is 4.40. The van der Waals surface area contributed by atoms with Crippen molar-refractivity contribution in [2.75, 3.05) is 19.8 Å². The Hall–Kier alpha value is -2.40. The molecular weight excluding hydrogens is 316 g/mol. The summed E-state index contributed by atoms with van der Waals surface area (Å²) in [5.74, 6) is 0.945. The van der Waals surface area contributed by atoms with E-state index in [1.54, 1.807) is 6.20 Å². The monoisotopic (exact) mass is 338 g/mol. The summed E-state index contributed by atoms with van der Waals surface area (Å²) in [4.78, 5) is 16.7. The normalized spacial score (nSPS) is 21.6. The van der Waals surface area contributed by atoms with Crippen molar-refractivity contribution in [1.82, 2.24) is 10.3 Å². The van der Waals surface area contributed by atoms with Gasteiger partial charge in [-0.25, -0.2) is 0 Å². The Balaban J connectivity index is 1.47. The van der Waals surface area contributed by atoms with Crippen LogP contribution < -0.4 is 10.1 Å². The van der Waals surface area contributed by atoms with Crippen molar-refractivity contribution in [2.24, 2.45) is 5.92 Å². The van der Waals surface area contributed by atoms with Crippen LogP contribution in [0, 0.1) is 12.8 Å². The molecule has 0 unspecified atom stereocenters. The molecule has 25 heavy (non-hydrogen) atoms. The van der Waals surface area contributed by atoms with Crippen molar-refractivity contribution in [3.05, 3.63) is 47.7 Å². The summed E-state index contributed by atoms with van der Waals surface area (Å²) in [6.45, 7) is 3.78. The molecule has 1 aromatic carbocycles. The number of aryl methyl sites for hydroxylation is 1. The van der Waals surface area contributed by atoms with Crippen LogP contribution in [0.25, 0.3) is 11.3 Å². The third-order valence-corrected chi connectivity index (χ3v) is 4.90. The van der Waals surface area contributed by atoms with E-state index in [4.69, 9.17) is 9.47 Å². The van der Waals surface area contributed by atoms with Gasteiger partial charge < -0.3 is 14.8 Å². The zero-order valence-corrected chi connectivity index (χ0v) is 14.3. The number of carbonyl (C=O) groups excluding carboxylic acids is 1. The predicted molar refractivity (Wildman–Crippen MR) is 94.5 cm³/mol. The van der Waals surface area contributed by atoms with Crippen molar-refractivity contribution >= 4 is 5.91 Å². The Morgan fingerprint density at radius 3 is 3.04 bits per heavy atom. The first kappa shape index (κ1) is 16.1. The third kappa shape index (κ3) is 3.24. The van der Waals surface area contributed by atoms with E-state index in [-0.39, 0.29) is 17.9 Å². The predicted octanol–water partition coefficient (Wildman–Crippen LogP) is 2.51. The van der Waals surface area contributed by atoms with Gasteiger partial charge in [0.15, 0.2) is 0 Å². The summed E-state index contributed by atoms with van der Waals surface area (Å²) in [6.07, 6.45) is 3.38. The summed E-state index contributed by atoms with van der Waals surface area (Å²) in [6, 6.07) is 10.2.